The molecule has 2 atom stereocenters. The van der Waals surface area contributed by atoms with Crippen LogP contribution in [-0.2, 0) is 6.54 Å². The van der Waals surface area contributed by atoms with E-state index in [9.17, 15) is 0 Å². The van der Waals surface area contributed by atoms with Crippen LogP contribution in [0, 0.1) is 12.8 Å². The van der Waals surface area contributed by atoms with E-state index in [4.69, 9.17) is 0 Å². The summed E-state index contributed by atoms with van der Waals surface area (Å²) < 4.78 is 2.18. The molecule has 0 radical (unpaired) electrons. The Balaban J connectivity index is 1.87. The zero-order valence-electron chi connectivity index (χ0n) is 9.77. The normalized spacial score (nSPS) is 23.9. The maximum Gasteiger partial charge on any atom is 0.137 e. The second kappa shape index (κ2) is 3.59. The van der Waals surface area contributed by atoms with Crippen molar-refractivity contribution in [3.05, 3.63) is 35.8 Å². The maximum atomic E-state index is 4.55. The van der Waals surface area contributed by atoms with Crippen LogP contribution in [0.4, 0.5) is 0 Å². The number of nitrogens with one attached hydrogen (secondary N) is 1. The lowest BCUT2D eigenvalue weighted by Gasteiger charge is -2.04. The number of aromatic nitrogens is 2. The van der Waals surface area contributed by atoms with Crippen molar-refractivity contribution in [1.29, 1.82) is 0 Å². The van der Waals surface area contributed by atoms with Crippen LogP contribution in [-0.4, -0.2) is 15.4 Å². The minimum absolute atomic E-state index is 0.716. The van der Waals surface area contributed by atoms with Gasteiger partial charge in [-0.15, -0.1) is 0 Å². The van der Waals surface area contributed by atoms with Crippen molar-refractivity contribution in [3.63, 3.8) is 0 Å². The predicted octanol–water partition coefficient (Wildman–Crippen LogP) is 2.14. The van der Waals surface area contributed by atoms with Crippen LogP contribution in [0.5, 0.6) is 0 Å². The van der Waals surface area contributed by atoms with Crippen LogP contribution >= 0.6 is 0 Å². The number of rotatable bonds is 3. The zero-order chi connectivity index (χ0) is 11.1. The van der Waals surface area contributed by atoms with Gasteiger partial charge in [0, 0.05) is 18.8 Å². The predicted molar refractivity (Wildman–Crippen MR) is 64.3 cm³/mol. The van der Waals surface area contributed by atoms with E-state index in [0.29, 0.717) is 6.04 Å². The number of nitrogens with zero attached hydrogens (tertiary/aromatic N) is 2. The lowest BCUT2D eigenvalue weighted by molar-refractivity contribution is 0.637. The average Bonchev–Trinajstić information content (AvgIpc) is 2.88. The molecule has 2 unspecified atom stereocenters. The van der Waals surface area contributed by atoms with Gasteiger partial charge in [-0.1, -0.05) is 13.0 Å². The molecule has 1 saturated carbocycles. The summed E-state index contributed by atoms with van der Waals surface area (Å²) in [5, 5.41) is 3.58. The number of fused-ring (bicyclic) bond motifs is 1. The Morgan fingerprint density at radius 2 is 2.31 bits per heavy atom. The van der Waals surface area contributed by atoms with Gasteiger partial charge in [0.05, 0.1) is 11.4 Å². The van der Waals surface area contributed by atoms with Gasteiger partial charge in [0.1, 0.15) is 5.65 Å². The maximum absolute atomic E-state index is 4.55. The molecule has 1 N–H and O–H groups in total. The summed E-state index contributed by atoms with van der Waals surface area (Å²) in [4.78, 5) is 4.55. The minimum Gasteiger partial charge on any atom is -0.308 e. The van der Waals surface area contributed by atoms with Gasteiger partial charge in [-0.05, 0) is 31.4 Å². The van der Waals surface area contributed by atoms with Crippen LogP contribution in [0.3, 0.4) is 0 Å². The summed E-state index contributed by atoms with van der Waals surface area (Å²) in [7, 11) is 0. The Kier molecular flexibility index (Phi) is 2.21. The highest BCUT2D eigenvalue weighted by Crippen LogP contribution is 2.29. The first-order valence-corrected chi connectivity index (χ1v) is 5.91. The average molecular weight is 215 g/mol. The Bertz CT molecular complexity index is 515. The minimum atomic E-state index is 0.716. The van der Waals surface area contributed by atoms with E-state index in [-0.39, 0.29) is 0 Å². The Hall–Kier alpha value is -1.35. The third-order valence-electron chi connectivity index (χ3n) is 3.47. The van der Waals surface area contributed by atoms with Crippen molar-refractivity contribution in [2.24, 2.45) is 5.92 Å². The number of pyridine rings is 1. The van der Waals surface area contributed by atoms with Crippen LogP contribution < -0.4 is 5.32 Å². The Morgan fingerprint density at radius 3 is 3.06 bits per heavy atom. The van der Waals surface area contributed by atoms with Gasteiger partial charge >= 0.3 is 0 Å². The number of hydrogen-bond acceptors (Lipinski definition) is 2. The molecule has 0 aromatic carbocycles. The largest absolute Gasteiger partial charge is 0.308 e. The molecule has 2 aromatic heterocycles. The first-order chi connectivity index (χ1) is 7.75. The van der Waals surface area contributed by atoms with E-state index in [1.165, 1.54) is 12.1 Å². The van der Waals surface area contributed by atoms with Gasteiger partial charge in [0.25, 0.3) is 0 Å². The molecular formula is C13H17N3. The molecule has 3 rings (SSSR count). The van der Waals surface area contributed by atoms with Crippen LogP contribution in [0.1, 0.15) is 24.7 Å². The molecule has 0 amide bonds. The lowest BCUT2D eigenvalue weighted by atomic mass is 10.3. The monoisotopic (exact) mass is 215 g/mol. The summed E-state index contributed by atoms with van der Waals surface area (Å²) in [6.07, 6.45) is 3.40. The van der Waals surface area contributed by atoms with Crippen molar-refractivity contribution in [2.75, 3.05) is 0 Å². The fourth-order valence-corrected chi connectivity index (χ4v) is 2.21. The van der Waals surface area contributed by atoms with Gasteiger partial charge in [0.15, 0.2) is 0 Å². The topological polar surface area (TPSA) is 29.3 Å². The molecule has 0 spiro atoms. The van der Waals surface area contributed by atoms with Crippen molar-refractivity contribution in [1.82, 2.24) is 14.7 Å². The SMILES string of the molecule is Cc1nc2ccccn2c1CNC1CC1C. The first-order valence-electron chi connectivity index (χ1n) is 5.91. The van der Waals surface area contributed by atoms with E-state index in [1.807, 2.05) is 6.07 Å². The van der Waals surface area contributed by atoms with Crippen molar-refractivity contribution >= 4 is 5.65 Å². The highest BCUT2D eigenvalue weighted by Gasteiger charge is 2.31. The molecular weight excluding hydrogens is 198 g/mol. The highest BCUT2D eigenvalue weighted by molar-refractivity contribution is 5.42. The summed E-state index contributed by atoms with van der Waals surface area (Å²) in [5.41, 5.74) is 3.46. The third kappa shape index (κ3) is 1.61. The van der Waals surface area contributed by atoms with Crippen LogP contribution in [0.2, 0.25) is 0 Å². The summed E-state index contributed by atoms with van der Waals surface area (Å²) in [6, 6.07) is 6.85. The van der Waals surface area contributed by atoms with Crippen molar-refractivity contribution in [3.8, 4) is 0 Å². The standard InChI is InChI=1S/C13H17N3/c1-9-7-11(9)14-8-12-10(2)15-13-5-3-4-6-16(12)13/h3-6,9,11,14H,7-8H2,1-2H3. The van der Waals surface area contributed by atoms with Gasteiger partial charge in [-0.2, -0.15) is 0 Å². The lowest BCUT2D eigenvalue weighted by Crippen LogP contribution is -2.18. The van der Waals surface area contributed by atoms with Gasteiger partial charge in [0.2, 0.25) is 0 Å². The molecule has 84 valence electrons. The van der Waals surface area contributed by atoms with E-state index in [1.54, 1.807) is 0 Å². The van der Waals surface area contributed by atoms with Crippen LogP contribution in [0.15, 0.2) is 24.4 Å². The number of aryl methyl sites for hydroxylation is 1. The van der Waals surface area contributed by atoms with E-state index in [2.05, 4.69) is 46.9 Å². The molecule has 0 saturated heterocycles. The Morgan fingerprint density at radius 1 is 1.50 bits per heavy atom. The van der Waals surface area contributed by atoms with Gasteiger partial charge in [-0.25, -0.2) is 4.98 Å². The second-order valence-corrected chi connectivity index (χ2v) is 4.77. The fraction of sp³-hybridized carbons (Fsp3) is 0.462. The third-order valence-corrected chi connectivity index (χ3v) is 3.47. The van der Waals surface area contributed by atoms with Gasteiger partial charge < -0.3 is 9.72 Å². The molecule has 2 aromatic rings. The molecule has 1 aliphatic carbocycles. The van der Waals surface area contributed by atoms with E-state index >= 15 is 0 Å². The summed E-state index contributed by atoms with van der Waals surface area (Å²) in [5.74, 6) is 0.847. The molecule has 2 heterocycles. The molecule has 0 aliphatic heterocycles. The zero-order valence-corrected chi connectivity index (χ0v) is 9.77. The molecule has 0 bridgehead atoms. The van der Waals surface area contributed by atoms with Crippen molar-refractivity contribution < 1.29 is 0 Å². The van der Waals surface area contributed by atoms with E-state index in [0.717, 1.165) is 23.8 Å². The van der Waals surface area contributed by atoms with E-state index < -0.39 is 0 Å². The molecule has 1 aliphatic rings. The van der Waals surface area contributed by atoms with Crippen molar-refractivity contribution in [2.45, 2.75) is 32.9 Å². The molecule has 1 fully saturated rings. The second-order valence-electron chi connectivity index (χ2n) is 4.77. The summed E-state index contributed by atoms with van der Waals surface area (Å²) in [6.45, 7) is 5.30. The fourth-order valence-electron chi connectivity index (χ4n) is 2.21. The molecule has 16 heavy (non-hydrogen) atoms. The Labute approximate surface area is 95.5 Å². The number of hydrogen-bond donors (Lipinski definition) is 1. The van der Waals surface area contributed by atoms with Gasteiger partial charge in [-0.3, -0.25) is 0 Å². The molecule has 3 heteroatoms. The van der Waals surface area contributed by atoms with Crippen LogP contribution in [0.25, 0.3) is 5.65 Å². The quantitative estimate of drug-likeness (QED) is 0.850. The smallest absolute Gasteiger partial charge is 0.137 e. The summed E-state index contributed by atoms with van der Waals surface area (Å²) >= 11 is 0. The number of imidazole rings is 1. The highest BCUT2D eigenvalue weighted by atomic mass is 15.1. The first kappa shape index (κ1) is 9.85. The molecule has 3 nitrogen and oxygen atoms in total.